The van der Waals surface area contributed by atoms with Crippen LogP contribution in [-0.4, -0.2) is 4.57 Å². The van der Waals surface area contributed by atoms with Gasteiger partial charge in [0.2, 0.25) is 0 Å². The largest absolute Gasteiger partial charge is 0.310 e. The van der Waals surface area contributed by atoms with Gasteiger partial charge < -0.3 is 9.47 Å². The molecule has 9 aromatic carbocycles. The van der Waals surface area contributed by atoms with Gasteiger partial charge in [-0.2, -0.15) is 0 Å². The molecule has 0 saturated heterocycles. The van der Waals surface area contributed by atoms with E-state index in [1.165, 1.54) is 5.56 Å². The van der Waals surface area contributed by atoms with Gasteiger partial charge >= 0.3 is 0 Å². The maximum atomic E-state index is 8.93. The van der Waals surface area contributed by atoms with E-state index in [0.717, 1.165) is 66.4 Å². The highest BCUT2D eigenvalue weighted by atomic mass is 15.1. The van der Waals surface area contributed by atoms with Crippen LogP contribution in [0, 0.1) is 0 Å². The number of fused-ring (bicyclic) bond motifs is 9. The molecule has 0 fully saturated rings. The summed E-state index contributed by atoms with van der Waals surface area (Å²) in [6, 6.07) is 47.4. The molecule has 0 N–H and O–H groups in total. The first-order valence-corrected chi connectivity index (χ1v) is 17.3. The number of aromatic nitrogens is 1. The van der Waals surface area contributed by atoms with Gasteiger partial charge in [-0.1, -0.05) is 109 Å². The molecule has 0 aliphatic heterocycles. The zero-order chi connectivity index (χ0) is 41.1. The highest BCUT2D eigenvalue weighted by molar-refractivity contribution is 6.13. The Labute approximate surface area is 313 Å². The second-order valence-corrected chi connectivity index (χ2v) is 13.2. The van der Waals surface area contributed by atoms with Crippen molar-refractivity contribution in [1.29, 1.82) is 0 Å². The van der Waals surface area contributed by atoms with Crippen molar-refractivity contribution in [3.05, 3.63) is 194 Å². The molecule has 11 rings (SSSR count). The summed E-state index contributed by atoms with van der Waals surface area (Å²) in [5, 5.41) is 4.21. The number of hydrogen-bond acceptors (Lipinski definition) is 1. The fourth-order valence-electron chi connectivity index (χ4n) is 7.84. The zero-order valence-electron chi connectivity index (χ0n) is 35.8. The van der Waals surface area contributed by atoms with Gasteiger partial charge in [0.1, 0.15) is 0 Å². The summed E-state index contributed by atoms with van der Waals surface area (Å²) in [7, 11) is 0. The third-order valence-electron chi connectivity index (χ3n) is 10.3. The molecule has 0 spiro atoms. The lowest BCUT2D eigenvalue weighted by molar-refractivity contribution is 1.19. The molecule has 52 heavy (non-hydrogen) atoms. The molecular formula is C50H32N2. The van der Waals surface area contributed by atoms with Crippen LogP contribution in [0.5, 0.6) is 0 Å². The Balaban J connectivity index is 1.05. The highest BCUT2D eigenvalue weighted by Crippen LogP contribution is 2.51. The molecule has 0 unspecified atom stereocenters. The quantitative estimate of drug-likeness (QED) is 0.177. The summed E-state index contributed by atoms with van der Waals surface area (Å²) in [6.45, 7) is 0. The van der Waals surface area contributed by atoms with Crippen molar-refractivity contribution in [2.75, 3.05) is 4.90 Å². The van der Waals surface area contributed by atoms with Gasteiger partial charge in [0.15, 0.2) is 0 Å². The second-order valence-electron chi connectivity index (χ2n) is 13.2. The molecule has 1 aromatic heterocycles. The van der Waals surface area contributed by atoms with Crippen molar-refractivity contribution in [3.63, 3.8) is 0 Å². The van der Waals surface area contributed by atoms with Crippen LogP contribution in [-0.2, 0) is 0 Å². The Morgan fingerprint density at radius 1 is 0.385 bits per heavy atom. The molecule has 0 atom stereocenters. The Kier molecular flexibility index (Phi) is 4.79. The predicted molar refractivity (Wildman–Crippen MR) is 220 cm³/mol. The van der Waals surface area contributed by atoms with Crippen molar-refractivity contribution in [2.24, 2.45) is 0 Å². The summed E-state index contributed by atoms with van der Waals surface area (Å²) < 4.78 is 70.8. The van der Waals surface area contributed by atoms with Gasteiger partial charge in [0.25, 0.3) is 0 Å². The summed E-state index contributed by atoms with van der Waals surface area (Å²) >= 11 is 0. The maximum Gasteiger partial charge on any atom is 0.0645 e. The lowest BCUT2D eigenvalue weighted by atomic mass is 9.78. The molecule has 0 saturated carbocycles. The van der Waals surface area contributed by atoms with Crippen molar-refractivity contribution in [1.82, 2.24) is 4.57 Å². The molecule has 0 bridgehead atoms. The van der Waals surface area contributed by atoms with Gasteiger partial charge in [-0.3, -0.25) is 0 Å². The van der Waals surface area contributed by atoms with E-state index in [1.54, 1.807) is 4.57 Å². The van der Waals surface area contributed by atoms with Crippen LogP contribution in [0.4, 0.5) is 17.1 Å². The lowest BCUT2D eigenvalue weighted by Gasteiger charge is -2.28. The molecule has 10 aromatic rings. The average molecular weight is 669 g/mol. The Bertz CT molecular complexity index is 3390. The van der Waals surface area contributed by atoms with Crippen LogP contribution in [0.25, 0.3) is 82.4 Å². The van der Waals surface area contributed by atoms with E-state index in [4.69, 9.17) is 11.0 Å². The SMILES string of the molecule is [2H]c1c([2H])c([2H])c2c(c1[2H])c1c([2H])c([2H])c([2H])c([2H])c1n2-c1ccc2cc3c(cc2c1)-c1cc2cc(N(c4ccccc4)c4cccc(-c5ccccc5)c4)ccc2cc1-3. The second kappa shape index (κ2) is 11.3. The van der Waals surface area contributed by atoms with E-state index in [2.05, 4.69) is 120 Å². The van der Waals surface area contributed by atoms with Crippen molar-refractivity contribution >= 4 is 60.4 Å². The summed E-state index contributed by atoms with van der Waals surface area (Å²) in [6.07, 6.45) is 0. The third-order valence-corrected chi connectivity index (χ3v) is 10.3. The highest BCUT2D eigenvalue weighted by Gasteiger charge is 2.24. The first-order valence-electron chi connectivity index (χ1n) is 21.3. The molecule has 1 heterocycles. The van der Waals surface area contributed by atoms with Gasteiger partial charge in [0.05, 0.1) is 22.0 Å². The van der Waals surface area contributed by atoms with Crippen molar-refractivity contribution in [2.45, 2.75) is 0 Å². The molecule has 1 aliphatic carbocycles. The maximum absolute atomic E-state index is 8.93. The Morgan fingerprint density at radius 3 is 1.58 bits per heavy atom. The van der Waals surface area contributed by atoms with E-state index >= 15 is 0 Å². The van der Waals surface area contributed by atoms with Crippen LogP contribution in [0.3, 0.4) is 0 Å². The van der Waals surface area contributed by atoms with Crippen LogP contribution >= 0.6 is 0 Å². The normalized spacial score (nSPS) is 14.0. The van der Waals surface area contributed by atoms with Crippen molar-refractivity contribution < 1.29 is 11.0 Å². The minimum atomic E-state index is -0.458. The van der Waals surface area contributed by atoms with Crippen LogP contribution in [0.2, 0.25) is 0 Å². The zero-order valence-corrected chi connectivity index (χ0v) is 27.8. The minimum absolute atomic E-state index is 0.0650. The van der Waals surface area contributed by atoms with E-state index in [-0.39, 0.29) is 46.0 Å². The van der Waals surface area contributed by atoms with E-state index in [0.29, 0.717) is 5.69 Å². The average Bonchev–Trinajstić information content (AvgIpc) is 3.65. The molecule has 0 radical (unpaired) electrons. The van der Waals surface area contributed by atoms with E-state index in [9.17, 15) is 0 Å². The standard InChI is InChI=1S/C50H32N2/c1-3-12-33(13-4-1)34-14-11-17-40(26-34)51(39-15-5-2-6-16-39)41-24-22-35-29-45-46-30-36-23-25-42(28-38(36)32-48(46)47(45)31-37(35)27-41)52-49-20-9-7-18-43(49)44-19-8-10-21-50(44)52/h1-32H/i7D,8D,9D,10D,18D,19D,20D,21D. The van der Waals surface area contributed by atoms with Crippen molar-refractivity contribution in [3.8, 4) is 39.1 Å². The van der Waals surface area contributed by atoms with Gasteiger partial charge in [-0.15, -0.1) is 0 Å². The molecule has 1 aliphatic rings. The smallest absolute Gasteiger partial charge is 0.0645 e. The first kappa shape index (κ1) is 22.0. The van der Waals surface area contributed by atoms with E-state index in [1.807, 2.05) is 30.3 Å². The number of hydrogen-bond donors (Lipinski definition) is 0. The summed E-state index contributed by atoms with van der Waals surface area (Å²) in [5.74, 6) is 0. The minimum Gasteiger partial charge on any atom is -0.310 e. The fourth-order valence-corrected chi connectivity index (χ4v) is 7.84. The van der Waals surface area contributed by atoms with Gasteiger partial charge in [-0.05, 0) is 140 Å². The monoisotopic (exact) mass is 668 g/mol. The first-order chi connectivity index (χ1) is 29.1. The van der Waals surface area contributed by atoms with E-state index < -0.39 is 24.2 Å². The molecule has 2 heteroatoms. The molecular weight excluding hydrogens is 629 g/mol. The van der Waals surface area contributed by atoms with Gasteiger partial charge in [0, 0.05) is 33.5 Å². The lowest BCUT2D eigenvalue weighted by Crippen LogP contribution is -2.10. The molecule has 2 nitrogen and oxygen atoms in total. The van der Waals surface area contributed by atoms with Crippen LogP contribution in [0.15, 0.2) is 194 Å². The Hall–Kier alpha value is -6.90. The molecule has 0 amide bonds. The van der Waals surface area contributed by atoms with Crippen LogP contribution in [0.1, 0.15) is 11.0 Å². The summed E-state index contributed by atoms with van der Waals surface area (Å²) in [4.78, 5) is 2.28. The number of benzene rings is 9. The number of anilines is 3. The predicted octanol–water partition coefficient (Wildman–Crippen LogP) is 13.9. The van der Waals surface area contributed by atoms with Gasteiger partial charge in [-0.25, -0.2) is 0 Å². The third kappa shape index (κ3) is 4.44. The number of para-hydroxylation sites is 3. The summed E-state index contributed by atoms with van der Waals surface area (Å²) in [5.41, 5.74) is 10.7. The Morgan fingerprint density at radius 2 is 0.904 bits per heavy atom. The molecule has 242 valence electrons. The topological polar surface area (TPSA) is 8.17 Å². The van der Waals surface area contributed by atoms with Crippen LogP contribution < -0.4 is 4.90 Å². The number of rotatable bonds is 5. The fraction of sp³-hybridized carbons (Fsp3) is 0. The number of nitrogens with zero attached hydrogens (tertiary/aromatic N) is 2.